The van der Waals surface area contributed by atoms with Gasteiger partial charge >= 0.3 is 5.97 Å². The number of aromatic hydroxyl groups is 1. The zero-order valence-electron chi connectivity index (χ0n) is 14.3. The van der Waals surface area contributed by atoms with Crippen LogP contribution in [-0.2, 0) is 11.3 Å². The van der Waals surface area contributed by atoms with Gasteiger partial charge in [0.05, 0.1) is 19.2 Å². The van der Waals surface area contributed by atoms with Gasteiger partial charge in [-0.15, -0.1) is 0 Å². The fourth-order valence-corrected chi connectivity index (χ4v) is 3.21. The standard InChI is InChI=1S/C20H15FN2O4/c1-27-20(26)17-18(24)16-10-13-4-2-3-5-15(13)23(16)22(19(17)25)11-12-6-8-14(21)9-7-12/h2-10,24H,11H2,1H3. The van der Waals surface area contributed by atoms with Crippen molar-refractivity contribution in [2.75, 3.05) is 7.11 Å². The van der Waals surface area contributed by atoms with E-state index in [-0.39, 0.29) is 12.4 Å². The Morgan fingerprint density at radius 3 is 2.52 bits per heavy atom. The van der Waals surface area contributed by atoms with Crippen LogP contribution < -0.4 is 5.56 Å². The van der Waals surface area contributed by atoms with Crippen LogP contribution in [0.25, 0.3) is 16.4 Å². The number of esters is 1. The summed E-state index contributed by atoms with van der Waals surface area (Å²) < 4.78 is 20.8. The highest BCUT2D eigenvalue weighted by atomic mass is 19.1. The molecule has 2 aromatic heterocycles. The predicted molar refractivity (Wildman–Crippen MR) is 97.7 cm³/mol. The lowest BCUT2D eigenvalue weighted by molar-refractivity contribution is 0.0594. The SMILES string of the molecule is COC(=O)c1c(O)c2cc3ccccc3n2n(Cc2ccc(F)cc2)c1=O. The third-order valence-corrected chi connectivity index (χ3v) is 4.49. The first-order chi connectivity index (χ1) is 13.0. The first kappa shape index (κ1) is 16.8. The quantitative estimate of drug-likeness (QED) is 0.566. The van der Waals surface area contributed by atoms with Crippen molar-refractivity contribution in [2.24, 2.45) is 0 Å². The first-order valence-electron chi connectivity index (χ1n) is 8.20. The van der Waals surface area contributed by atoms with Crippen LogP contribution in [0, 0.1) is 5.82 Å². The molecule has 0 aliphatic carbocycles. The second kappa shape index (κ2) is 6.28. The van der Waals surface area contributed by atoms with Crippen LogP contribution in [0.3, 0.4) is 0 Å². The summed E-state index contributed by atoms with van der Waals surface area (Å²) in [6.07, 6.45) is 0. The molecule has 6 nitrogen and oxygen atoms in total. The van der Waals surface area contributed by atoms with E-state index in [9.17, 15) is 19.1 Å². The van der Waals surface area contributed by atoms with E-state index in [1.807, 2.05) is 18.2 Å². The fourth-order valence-electron chi connectivity index (χ4n) is 3.21. The molecule has 0 saturated heterocycles. The topological polar surface area (TPSA) is 72.9 Å². The molecule has 0 aliphatic rings. The number of rotatable bonds is 3. The van der Waals surface area contributed by atoms with Gasteiger partial charge in [-0.2, -0.15) is 0 Å². The minimum atomic E-state index is -0.918. The molecule has 27 heavy (non-hydrogen) atoms. The molecule has 4 rings (SSSR count). The van der Waals surface area contributed by atoms with Gasteiger partial charge in [0.15, 0.2) is 11.3 Å². The van der Waals surface area contributed by atoms with E-state index in [4.69, 9.17) is 0 Å². The van der Waals surface area contributed by atoms with Crippen LogP contribution in [-0.4, -0.2) is 27.4 Å². The zero-order valence-corrected chi connectivity index (χ0v) is 14.3. The van der Waals surface area contributed by atoms with Crippen molar-refractivity contribution in [1.29, 1.82) is 0 Å². The van der Waals surface area contributed by atoms with Gasteiger partial charge in [0, 0.05) is 5.39 Å². The number of ether oxygens (including phenoxy) is 1. The lowest BCUT2D eigenvalue weighted by atomic mass is 10.2. The van der Waals surface area contributed by atoms with Crippen molar-refractivity contribution in [2.45, 2.75) is 6.54 Å². The Morgan fingerprint density at radius 2 is 1.81 bits per heavy atom. The lowest BCUT2D eigenvalue weighted by Crippen LogP contribution is -2.32. The minimum absolute atomic E-state index is 0.0819. The molecule has 0 radical (unpaired) electrons. The monoisotopic (exact) mass is 366 g/mol. The second-order valence-corrected chi connectivity index (χ2v) is 6.10. The van der Waals surface area contributed by atoms with E-state index in [0.717, 1.165) is 12.5 Å². The van der Waals surface area contributed by atoms with Gasteiger partial charge in [-0.1, -0.05) is 30.3 Å². The summed E-state index contributed by atoms with van der Waals surface area (Å²) in [5.74, 6) is -1.74. The number of methoxy groups -OCH3 is 1. The van der Waals surface area contributed by atoms with E-state index < -0.39 is 22.8 Å². The van der Waals surface area contributed by atoms with E-state index in [0.29, 0.717) is 16.6 Å². The maximum absolute atomic E-state index is 13.2. The molecule has 0 aliphatic heterocycles. The Hall–Kier alpha value is -3.61. The van der Waals surface area contributed by atoms with Crippen LogP contribution in [0.1, 0.15) is 15.9 Å². The number of halogens is 1. The van der Waals surface area contributed by atoms with Crippen LogP contribution in [0.15, 0.2) is 59.4 Å². The van der Waals surface area contributed by atoms with E-state index in [1.54, 1.807) is 28.8 Å². The predicted octanol–water partition coefficient (Wildman–Crippen LogP) is 2.93. The molecule has 0 bridgehead atoms. The summed E-state index contributed by atoms with van der Waals surface area (Å²) in [6.45, 7) is 0.0819. The molecular formula is C20H15FN2O4. The molecule has 1 N–H and O–H groups in total. The summed E-state index contributed by atoms with van der Waals surface area (Å²) in [5, 5.41) is 11.4. The van der Waals surface area contributed by atoms with Crippen molar-refractivity contribution >= 4 is 22.4 Å². The molecule has 4 aromatic rings. The Morgan fingerprint density at radius 1 is 1.11 bits per heavy atom. The number of nitrogens with zero attached hydrogens (tertiary/aromatic N) is 2. The van der Waals surface area contributed by atoms with Gasteiger partial charge in [0.1, 0.15) is 11.3 Å². The number of para-hydroxylation sites is 1. The van der Waals surface area contributed by atoms with Crippen LogP contribution >= 0.6 is 0 Å². The van der Waals surface area contributed by atoms with Crippen molar-refractivity contribution in [3.8, 4) is 5.75 Å². The maximum atomic E-state index is 13.2. The lowest BCUT2D eigenvalue weighted by Gasteiger charge is -2.14. The molecule has 2 aromatic carbocycles. The average molecular weight is 366 g/mol. The molecule has 7 heteroatoms. The van der Waals surface area contributed by atoms with E-state index in [1.165, 1.54) is 16.8 Å². The van der Waals surface area contributed by atoms with E-state index in [2.05, 4.69) is 4.74 Å². The number of benzene rings is 2. The molecule has 0 spiro atoms. The molecule has 136 valence electrons. The van der Waals surface area contributed by atoms with Gasteiger partial charge in [0.25, 0.3) is 5.56 Å². The Bertz CT molecular complexity index is 1240. The third-order valence-electron chi connectivity index (χ3n) is 4.49. The third kappa shape index (κ3) is 2.64. The fraction of sp³-hybridized carbons (Fsp3) is 0.100. The summed E-state index contributed by atoms with van der Waals surface area (Å²) in [7, 11) is 1.14. The number of carbonyl (C=O) groups is 1. The molecule has 0 amide bonds. The van der Waals surface area contributed by atoms with Gasteiger partial charge in [-0.05, 0) is 29.8 Å². The molecule has 0 fully saturated rings. The Kier molecular flexibility index (Phi) is 3.92. The van der Waals surface area contributed by atoms with Crippen molar-refractivity contribution in [3.05, 3.63) is 81.9 Å². The first-order valence-corrected chi connectivity index (χ1v) is 8.20. The number of fused-ring (bicyclic) bond motifs is 3. The minimum Gasteiger partial charge on any atom is -0.505 e. The smallest absolute Gasteiger partial charge is 0.347 e. The summed E-state index contributed by atoms with van der Waals surface area (Å²) >= 11 is 0. The van der Waals surface area contributed by atoms with Gasteiger partial charge in [-0.3, -0.25) is 4.79 Å². The zero-order chi connectivity index (χ0) is 19.1. The van der Waals surface area contributed by atoms with Crippen molar-refractivity contribution in [3.63, 3.8) is 0 Å². The van der Waals surface area contributed by atoms with Crippen LogP contribution in [0.2, 0.25) is 0 Å². The number of carbonyl (C=O) groups excluding carboxylic acids is 1. The average Bonchev–Trinajstić information content (AvgIpc) is 3.06. The van der Waals surface area contributed by atoms with E-state index >= 15 is 0 Å². The molecule has 0 saturated carbocycles. The highest BCUT2D eigenvalue weighted by molar-refractivity contribution is 5.97. The summed E-state index contributed by atoms with van der Waals surface area (Å²) in [5.41, 5.74) is 0.531. The highest BCUT2D eigenvalue weighted by Crippen LogP contribution is 2.28. The second-order valence-electron chi connectivity index (χ2n) is 6.10. The van der Waals surface area contributed by atoms with Crippen molar-refractivity contribution < 1.29 is 19.0 Å². The van der Waals surface area contributed by atoms with Gasteiger partial charge in [-0.25, -0.2) is 18.4 Å². The highest BCUT2D eigenvalue weighted by Gasteiger charge is 2.24. The van der Waals surface area contributed by atoms with Crippen LogP contribution in [0.5, 0.6) is 5.75 Å². The Balaban J connectivity index is 2.09. The summed E-state index contributed by atoms with van der Waals surface area (Å²) in [4.78, 5) is 25.1. The van der Waals surface area contributed by atoms with Crippen LogP contribution in [0.4, 0.5) is 4.39 Å². The maximum Gasteiger partial charge on any atom is 0.347 e. The normalized spacial score (nSPS) is 11.2. The molecule has 0 unspecified atom stereocenters. The molecular weight excluding hydrogens is 351 g/mol. The van der Waals surface area contributed by atoms with Crippen molar-refractivity contribution in [1.82, 2.24) is 9.20 Å². The van der Waals surface area contributed by atoms with Gasteiger partial charge < -0.3 is 9.84 Å². The van der Waals surface area contributed by atoms with Gasteiger partial charge in [0.2, 0.25) is 0 Å². The largest absolute Gasteiger partial charge is 0.505 e. The molecule has 2 heterocycles. The number of hydrogen-bond donors (Lipinski definition) is 1. The summed E-state index contributed by atoms with van der Waals surface area (Å²) in [6, 6.07) is 14.7. The number of aromatic nitrogens is 2. The molecule has 0 atom stereocenters. The number of hydrogen-bond acceptors (Lipinski definition) is 4. The Labute approximate surface area is 152 Å².